The second-order valence-electron chi connectivity index (χ2n) is 5.69. The Morgan fingerprint density at radius 3 is 1.44 bits per heavy atom. The zero-order valence-corrected chi connectivity index (χ0v) is 15.3. The molecule has 0 aliphatic carbocycles. The van der Waals surface area contributed by atoms with Crippen molar-refractivity contribution in [1.29, 1.82) is 0 Å². The molecular formula is C23H18F3S+. The molecule has 4 rings (SSSR count). The van der Waals surface area contributed by atoms with Crippen molar-refractivity contribution in [3.8, 4) is 0 Å². The van der Waals surface area contributed by atoms with E-state index in [1.165, 1.54) is 25.5 Å². The van der Waals surface area contributed by atoms with Gasteiger partial charge in [-0.25, -0.2) is 0 Å². The van der Waals surface area contributed by atoms with Crippen molar-refractivity contribution in [3.63, 3.8) is 0 Å². The first-order valence-corrected chi connectivity index (χ1v) is 9.63. The lowest BCUT2D eigenvalue weighted by Crippen LogP contribution is -2.04. The van der Waals surface area contributed by atoms with Crippen LogP contribution in [0.2, 0.25) is 0 Å². The van der Waals surface area contributed by atoms with Gasteiger partial charge < -0.3 is 0 Å². The summed E-state index contributed by atoms with van der Waals surface area (Å²) >= 11 is 0. The van der Waals surface area contributed by atoms with E-state index in [0.717, 1.165) is 0 Å². The van der Waals surface area contributed by atoms with E-state index in [9.17, 15) is 13.2 Å². The SMILES string of the molecule is FC(F)F.c1ccc([S+](c2ccccc2)c2ccc3ccccc3c2)cc1. The number of rotatable bonds is 3. The van der Waals surface area contributed by atoms with E-state index < -0.39 is 6.68 Å². The molecule has 0 bridgehead atoms. The fraction of sp³-hybridized carbons (Fsp3) is 0.0435. The van der Waals surface area contributed by atoms with Crippen LogP contribution in [-0.4, -0.2) is 6.68 Å². The van der Waals surface area contributed by atoms with Gasteiger partial charge in [0.1, 0.15) is 0 Å². The van der Waals surface area contributed by atoms with Gasteiger partial charge in [0.05, 0.1) is 10.9 Å². The van der Waals surface area contributed by atoms with Gasteiger partial charge >= 0.3 is 6.68 Å². The minimum Gasteiger partial charge on any atom is -0.174 e. The Labute approximate surface area is 159 Å². The predicted molar refractivity (Wildman–Crippen MR) is 106 cm³/mol. The van der Waals surface area contributed by atoms with Gasteiger partial charge in [0, 0.05) is 6.07 Å². The number of benzene rings is 4. The molecule has 0 amide bonds. The minimum absolute atomic E-state index is 0.0707. The summed E-state index contributed by atoms with van der Waals surface area (Å²) in [5, 5.41) is 2.59. The lowest BCUT2D eigenvalue weighted by atomic mass is 10.1. The van der Waals surface area contributed by atoms with E-state index in [-0.39, 0.29) is 10.9 Å². The van der Waals surface area contributed by atoms with Crippen LogP contribution in [0.3, 0.4) is 0 Å². The van der Waals surface area contributed by atoms with Crippen LogP contribution in [0.15, 0.2) is 118 Å². The average molecular weight is 383 g/mol. The monoisotopic (exact) mass is 383 g/mol. The Kier molecular flexibility index (Phi) is 6.55. The predicted octanol–water partition coefficient (Wildman–Crippen LogP) is 7.11. The molecule has 0 saturated carbocycles. The van der Waals surface area contributed by atoms with Crippen LogP contribution in [-0.2, 0) is 10.9 Å². The third kappa shape index (κ3) is 5.14. The molecule has 136 valence electrons. The quantitative estimate of drug-likeness (QED) is 0.331. The van der Waals surface area contributed by atoms with Gasteiger partial charge in [-0.05, 0) is 47.2 Å². The van der Waals surface area contributed by atoms with Gasteiger partial charge in [0.15, 0.2) is 14.7 Å². The molecule has 0 nitrogen and oxygen atoms in total. The van der Waals surface area contributed by atoms with Crippen molar-refractivity contribution >= 4 is 21.7 Å². The van der Waals surface area contributed by atoms with Gasteiger partial charge in [-0.1, -0.05) is 60.7 Å². The van der Waals surface area contributed by atoms with Gasteiger partial charge in [0.2, 0.25) is 0 Å². The summed E-state index contributed by atoms with van der Waals surface area (Å²) in [4.78, 5) is 4.07. The smallest absolute Gasteiger partial charge is 0.174 e. The Morgan fingerprint density at radius 2 is 0.926 bits per heavy atom. The van der Waals surface area contributed by atoms with Crippen LogP contribution in [0.25, 0.3) is 10.8 Å². The lowest BCUT2D eigenvalue weighted by Gasteiger charge is -2.08. The van der Waals surface area contributed by atoms with Gasteiger partial charge in [-0.15, -0.1) is 0 Å². The van der Waals surface area contributed by atoms with Crippen LogP contribution in [0, 0.1) is 0 Å². The number of alkyl halides is 3. The molecule has 0 spiro atoms. The standard InChI is InChI=1S/C22H17S.CHF3/c1-3-11-20(12-4-1)23(21-13-5-2-6-14-21)22-16-15-18-9-7-8-10-19(18)17-22;2-1(3)4/h1-17H;1H/q+1;. The van der Waals surface area contributed by atoms with Gasteiger partial charge in [0.25, 0.3) is 0 Å². The molecule has 0 unspecified atom stereocenters. The maximum atomic E-state index is 9.67. The van der Waals surface area contributed by atoms with Crippen molar-refractivity contribution in [2.24, 2.45) is 0 Å². The molecule has 0 heterocycles. The highest BCUT2D eigenvalue weighted by Gasteiger charge is 2.28. The minimum atomic E-state index is -3.67. The molecule has 4 heteroatoms. The van der Waals surface area contributed by atoms with Gasteiger partial charge in [-0.2, -0.15) is 13.2 Å². The molecule has 4 aromatic rings. The average Bonchev–Trinajstić information content (AvgIpc) is 2.69. The molecule has 27 heavy (non-hydrogen) atoms. The van der Waals surface area contributed by atoms with E-state index in [0.29, 0.717) is 0 Å². The Hall–Kier alpha value is -2.72. The first kappa shape index (κ1) is 19.1. The highest BCUT2D eigenvalue weighted by Crippen LogP contribution is 2.32. The van der Waals surface area contributed by atoms with E-state index in [1.807, 2.05) is 0 Å². The molecule has 0 aromatic heterocycles. The van der Waals surface area contributed by atoms with E-state index in [2.05, 4.69) is 103 Å². The summed E-state index contributed by atoms with van der Waals surface area (Å²) in [6.07, 6.45) is 0. The summed E-state index contributed by atoms with van der Waals surface area (Å²) in [6, 6.07) is 37.0. The molecule has 0 N–H and O–H groups in total. The van der Waals surface area contributed by atoms with E-state index in [1.54, 1.807) is 0 Å². The van der Waals surface area contributed by atoms with Crippen molar-refractivity contribution in [1.82, 2.24) is 0 Å². The summed E-state index contributed by atoms with van der Waals surface area (Å²) in [6.45, 7) is -3.67. The maximum Gasteiger partial charge on any atom is 0.379 e. The van der Waals surface area contributed by atoms with Crippen molar-refractivity contribution < 1.29 is 13.2 Å². The second-order valence-corrected chi connectivity index (χ2v) is 7.72. The highest BCUT2D eigenvalue weighted by molar-refractivity contribution is 7.97. The summed E-state index contributed by atoms with van der Waals surface area (Å²) in [7, 11) is -0.0707. The second kappa shape index (κ2) is 9.28. The van der Waals surface area contributed by atoms with Crippen molar-refractivity contribution in [2.45, 2.75) is 21.4 Å². The Bertz CT molecular complexity index is 930. The summed E-state index contributed by atoms with van der Waals surface area (Å²) in [5.74, 6) is 0. The van der Waals surface area contributed by atoms with E-state index >= 15 is 0 Å². The van der Waals surface area contributed by atoms with Crippen molar-refractivity contribution in [3.05, 3.63) is 103 Å². The first-order valence-electron chi connectivity index (χ1n) is 8.40. The molecule has 0 radical (unpaired) electrons. The number of hydrogen-bond acceptors (Lipinski definition) is 0. The largest absolute Gasteiger partial charge is 0.379 e. The zero-order chi connectivity index (χ0) is 19.1. The molecule has 0 saturated heterocycles. The number of hydrogen-bond donors (Lipinski definition) is 0. The molecular weight excluding hydrogens is 365 g/mol. The normalized spacial score (nSPS) is 10.7. The van der Waals surface area contributed by atoms with E-state index in [4.69, 9.17) is 0 Å². The maximum absolute atomic E-state index is 9.67. The van der Waals surface area contributed by atoms with Gasteiger partial charge in [-0.3, -0.25) is 0 Å². The molecule has 4 aromatic carbocycles. The number of halogens is 3. The fourth-order valence-corrected chi connectivity index (χ4v) is 4.94. The summed E-state index contributed by atoms with van der Waals surface area (Å²) in [5.41, 5.74) is 0. The topological polar surface area (TPSA) is 0 Å². The third-order valence-corrected chi connectivity index (χ3v) is 6.13. The highest BCUT2D eigenvalue weighted by atomic mass is 32.2. The van der Waals surface area contributed by atoms with Crippen molar-refractivity contribution in [2.75, 3.05) is 0 Å². The van der Waals surface area contributed by atoms with Crippen LogP contribution in [0.1, 0.15) is 0 Å². The third-order valence-electron chi connectivity index (χ3n) is 3.91. The van der Waals surface area contributed by atoms with Crippen LogP contribution >= 0.6 is 0 Å². The lowest BCUT2D eigenvalue weighted by molar-refractivity contribution is 0.00819. The van der Waals surface area contributed by atoms with Crippen LogP contribution in [0.4, 0.5) is 13.2 Å². The number of fused-ring (bicyclic) bond motifs is 1. The fourth-order valence-electron chi connectivity index (χ4n) is 2.82. The Morgan fingerprint density at radius 1 is 0.481 bits per heavy atom. The molecule has 0 fully saturated rings. The molecule has 0 atom stereocenters. The van der Waals surface area contributed by atoms with Crippen LogP contribution in [0.5, 0.6) is 0 Å². The molecule has 0 aliphatic rings. The van der Waals surface area contributed by atoms with Crippen LogP contribution < -0.4 is 0 Å². The zero-order valence-electron chi connectivity index (χ0n) is 14.4. The summed E-state index contributed by atoms with van der Waals surface area (Å²) < 4.78 is 29.0. The Balaban J connectivity index is 0.000000481. The first-order chi connectivity index (χ1) is 13.1. The molecule has 0 aliphatic heterocycles.